The molecule has 0 saturated carbocycles. The van der Waals surface area contributed by atoms with Gasteiger partial charge in [0.05, 0.1) is 19.3 Å². The number of esters is 2. The molecule has 0 saturated heterocycles. The Kier molecular flexibility index (Phi) is 7.19. The normalized spacial score (nSPS) is 21.0. The zero-order chi connectivity index (χ0) is 21.7. The van der Waals surface area contributed by atoms with Gasteiger partial charge in [0.1, 0.15) is 5.92 Å². The van der Waals surface area contributed by atoms with Gasteiger partial charge in [0.15, 0.2) is 5.78 Å². The number of allylic oxidation sites excluding steroid dienone is 2. The van der Waals surface area contributed by atoms with Gasteiger partial charge in [-0.3, -0.25) is 14.6 Å². The van der Waals surface area contributed by atoms with Crippen molar-refractivity contribution >= 4 is 23.4 Å². The summed E-state index contributed by atoms with van der Waals surface area (Å²) in [6.45, 7) is 4.29. The monoisotopic (exact) mass is 411 g/mol. The third kappa shape index (κ3) is 4.53. The van der Waals surface area contributed by atoms with Crippen molar-refractivity contribution in [2.75, 3.05) is 13.7 Å². The summed E-state index contributed by atoms with van der Waals surface area (Å²) in [5.41, 5.74) is 3.29. The van der Waals surface area contributed by atoms with Gasteiger partial charge in [-0.15, -0.1) is 0 Å². The van der Waals surface area contributed by atoms with Gasteiger partial charge in [0.25, 0.3) is 0 Å². The molecule has 1 aliphatic heterocycles. The largest absolute Gasteiger partial charge is 0.465 e. The van der Waals surface area contributed by atoms with Crippen LogP contribution in [-0.2, 0) is 19.1 Å². The van der Waals surface area contributed by atoms with E-state index in [1.807, 2.05) is 6.92 Å². The first-order chi connectivity index (χ1) is 14.5. The van der Waals surface area contributed by atoms with Crippen LogP contribution in [0.1, 0.15) is 74.2 Å². The number of ketones is 1. The van der Waals surface area contributed by atoms with E-state index in [0.717, 1.165) is 43.4 Å². The zero-order valence-electron chi connectivity index (χ0n) is 17.9. The Morgan fingerprint density at radius 2 is 1.87 bits per heavy atom. The van der Waals surface area contributed by atoms with Crippen molar-refractivity contribution in [2.24, 2.45) is 10.9 Å². The van der Waals surface area contributed by atoms with Crippen LogP contribution in [0.4, 0.5) is 0 Å². The fourth-order valence-electron chi connectivity index (χ4n) is 4.23. The second-order valence-corrected chi connectivity index (χ2v) is 7.83. The Balaban J connectivity index is 1.97. The van der Waals surface area contributed by atoms with Crippen LogP contribution in [0.25, 0.3) is 0 Å². The molecule has 6 heteroatoms. The molecule has 1 aliphatic carbocycles. The minimum atomic E-state index is -0.642. The van der Waals surface area contributed by atoms with Gasteiger partial charge in [-0.2, -0.15) is 0 Å². The van der Waals surface area contributed by atoms with Crippen molar-refractivity contribution in [2.45, 2.75) is 58.3 Å². The standard InChI is InChI=1S/C24H29NO5/c1-4-5-6-14-30-24(28)20-15(2)25-18-8-7-9-19(26)22(18)21(20)16-10-12-17(13-11-16)23(27)29-3/h10-13,20-21H,4-9,14H2,1-3H3/t20?,21-/m0/s1. The van der Waals surface area contributed by atoms with Gasteiger partial charge >= 0.3 is 11.9 Å². The fourth-order valence-corrected chi connectivity index (χ4v) is 4.23. The maximum atomic E-state index is 13.0. The first kappa shape index (κ1) is 21.9. The molecule has 30 heavy (non-hydrogen) atoms. The Morgan fingerprint density at radius 1 is 1.13 bits per heavy atom. The van der Waals surface area contributed by atoms with Crippen molar-refractivity contribution in [1.82, 2.24) is 0 Å². The Hall–Kier alpha value is -2.76. The lowest BCUT2D eigenvalue weighted by Gasteiger charge is -2.34. The van der Waals surface area contributed by atoms with E-state index in [0.29, 0.717) is 29.9 Å². The van der Waals surface area contributed by atoms with E-state index in [2.05, 4.69) is 11.9 Å². The van der Waals surface area contributed by atoms with E-state index in [-0.39, 0.29) is 11.8 Å². The lowest BCUT2D eigenvalue weighted by Crippen LogP contribution is -2.37. The van der Waals surface area contributed by atoms with Crippen LogP contribution in [0.15, 0.2) is 40.5 Å². The van der Waals surface area contributed by atoms with Crippen molar-refractivity contribution in [3.63, 3.8) is 0 Å². The molecule has 0 amide bonds. The molecule has 1 aromatic rings. The Morgan fingerprint density at radius 3 is 2.53 bits per heavy atom. The average molecular weight is 411 g/mol. The van der Waals surface area contributed by atoms with Gasteiger partial charge < -0.3 is 9.47 Å². The molecule has 0 N–H and O–H groups in total. The number of unbranched alkanes of at least 4 members (excludes halogenated alkanes) is 2. The van der Waals surface area contributed by atoms with Crippen molar-refractivity contribution in [3.05, 3.63) is 46.7 Å². The maximum absolute atomic E-state index is 13.0. The summed E-state index contributed by atoms with van der Waals surface area (Å²) in [5, 5.41) is 0. The highest BCUT2D eigenvalue weighted by Gasteiger charge is 2.43. The molecule has 0 spiro atoms. The number of hydrogen-bond donors (Lipinski definition) is 0. The molecule has 6 nitrogen and oxygen atoms in total. The minimum absolute atomic E-state index is 0.0401. The molecule has 0 bridgehead atoms. The molecular formula is C24H29NO5. The van der Waals surface area contributed by atoms with E-state index in [9.17, 15) is 14.4 Å². The minimum Gasteiger partial charge on any atom is -0.465 e. The van der Waals surface area contributed by atoms with E-state index < -0.39 is 17.8 Å². The molecule has 0 aromatic heterocycles. The third-order valence-corrected chi connectivity index (χ3v) is 5.77. The van der Waals surface area contributed by atoms with Gasteiger partial charge in [-0.05, 0) is 43.9 Å². The van der Waals surface area contributed by atoms with E-state index in [1.165, 1.54) is 7.11 Å². The number of ether oxygens (including phenoxy) is 2. The third-order valence-electron chi connectivity index (χ3n) is 5.77. The topological polar surface area (TPSA) is 82.0 Å². The molecule has 0 fully saturated rings. The number of nitrogens with zero attached hydrogens (tertiary/aromatic N) is 1. The number of methoxy groups -OCH3 is 1. The van der Waals surface area contributed by atoms with Crippen LogP contribution < -0.4 is 0 Å². The van der Waals surface area contributed by atoms with Crippen LogP contribution in [0, 0.1) is 5.92 Å². The number of carbonyl (C=O) groups is 3. The van der Waals surface area contributed by atoms with Crippen molar-refractivity contribution < 1.29 is 23.9 Å². The predicted molar refractivity (Wildman–Crippen MR) is 113 cm³/mol. The SMILES string of the molecule is CCCCCOC(=O)C1C(C)=NC2=C(C(=O)CCC2)[C@H]1c1ccc(C(=O)OC)cc1. The second kappa shape index (κ2) is 9.83. The van der Waals surface area contributed by atoms with Crippen molar-refractivity contribution in [3.8, 4) is 0 Å². The van der Waals surface area contributed by atoms with Gasteiger partial charge in [-0.25, -0.2) is 4.79 Å². The van der Waals surface area contributed by atoms with Crippen LogP contribution in [0.3, 0.4) is 0 Å². The molecule has 1 aromatic carbocycles. The highest BCUT2D eigenvalue weighted by molar-refractivity contribution is 6.08. The first-order valence-electron chi connectivity index (χ1n) is 10.6. The number of rotatable bonds is 7. The molecule has 2 atom stereocenters. The number of benzene rings is 1. The number of Topliss-reactive ketones (excluding diaryl/α,β-unsaturated/α-hetero) is 1. The first-order valence-corrected chi connectivity index (χ1v) is 10.6. The second-order valence-electron chi connectivity index (χ2n) is 7.83. The summed E-state index contributed by atoms with van der Waals surface area (Å²) in [5.74, 6) is -1.83. The van der Waals surface area contributed by atoms with Crippen LogP contribution in [-0.4, -0.2) is 37.2 Å². The summed E-state index contributed by atoms with van der Waals surface area (Å²) in [7, 11) is 1.33. The molecule has 1 heterocycles. The quantitative estimate of drug-likeness (QED) is 0.491. The Labute approximate surface area is 177 Å². The highest BCUT2D eigenvalue weighted by atomic mass is 16.5. The average Bonchev–Trinajstić information content (AvgIpc) is 2.75. The van der Waals surface area contributed by atoms with Crippen LogP contribution in [0.5, 0.6) is 0 Å². The maximum Gasteiger partial charge on any atom is 0.337 e. The lowest BCUT2D eigenvalue weighted by molar-refractivity contribution is -0.146. The predicted octanol–water partition coefficient (Wildman–Crippen LogP) is 4.39. The molecule has 160 valence electrons. The van der Waals surface area contributed by atoms with Crippen molar-refractivity contribution in [1.29, 1.82) is 0 Å². The number of aliphatic imine (C=N–C) groups is 1. The summed E-state index contributed by atoms with van der Waals surface area (Å²) in [4.78, 5) is 42.3. The smallest absolute Gasteiger partial charge is 0.337 e. The molecular weight excluding hydrogens is 382 g/mol. The van der Waals surface area contributed by atoms with Gasteiger partial charge in [0.2, 0.25) is 0 Å². The lowest BCUT2D eigenvalue weighted by atomic mass is 9.71. The Bertz CT molecular complexity index is 881. The van der Waals surface area contributed by atoms with Gasteiger partial charge in [0, 0.05) is 29.3 Å². The molecule has 1 unspecified atom stereocenters. The fraction of sp³-hybridized carbons (Fsp3) is 0.500. The zero-order valence-corrected chi connectivity index (χ0v) is 17.9. The molecule has 0 radical (unpaired) electrons. The van der Waals surface area contributed by atoms with Gasteiger partial charge in [-0.1, -0.05) is 31.9 Å². The summed E-state index contributed by atoms with van der Waals surface area (Å²) >= 11 is 0. The van der Waals surface area contributed by atoms with E-state index >= 15 is 0 Å². The number of hydrogen-bond acceptors (Lipinski definition) is 6. The van der Waals surface area contributed by atoms with E-state index in [4.69, 9.17) is 9.47 Å². The highest BCUT2D eigenvalue weighted by Crippen LogP contribution is 2.43. The van der Waals surface area contributed by atoms with Crippen LogP contribution >= 0.6 is 0 Å². The summed E-state index contributed by atoms with van der Waals surface area (Å²) < 4.78 is 10.3. The van der Waals surface area contributed by atoms with E-state index in [1.54, 1.807) is 24.3 Å². The number of carbonyl (C=O) groups excluding carboxylic acids is 3. The van der Waals surface area contributed by atoms with Crippen LogP contribution in [0.2, 0.25) is 0 Å². The molecule has 3 rings (SSSR count). The summed E-state index contributed by atoms with van der Waals surface area (Å²) in [6.07, 6.45) is 4.82. The summed E-state index contributed by atoms with van der Waals surface area (Å²) in [6, 6.07) is 6.91. The molecule has 2 aliphatic rings.